The van der Waals surface area contributed by atoms with E-state index in [4.69, 9.17) is 0 Å². The van der Waals surface area contributed by atoms with Crippen LogP contribution < -0.4 is 4.90 Å². The summed E-state index contributed by atoms with van der Waals surface area (Å²) in [5.41, 5.74) is 1.72. The highest BCUT2D eigenvalue weighted by molar-refractivity contribution is 7.12. The van der Waals surface area contributed by atoms with Gasteiger partial charge in [0, 0.05) is 42.5 Å². The molecule has 23 heavy (non-hydrogen) atoms. The number of benzene rings is 1. The lowest BCUT2D eigenvalue weighted by Crippen LogP contribution is -2.47. The first kappa shape index (κ1) is 16.4. The van der Waals surface area contributed by atoms with Gasteiger partial charge >= 0.3 is 0 Å². The minimum Gasteiger partial charge on any atom is -0.387 e. The van der Waals surface area contributed by atoms with Gasteiger partial charge in [0.15, 0.2) is 0 Å². The van der Waals surface area contributed by atoms with Crippen LogP contribution in [-0.4, -0.2) is 42.7 Å². The predicted octanol–water partition coefficient (Wildman–Crippen LogP) is 3.36. The van der Waals surface area contributed by atoms with Gasteiger partial charge in [-0.2, -0.15) is 0 Å². The average Bonchev–Trinajstić information content (AvgIpc) is 2.87. The van der Waals surface area contributed by atoms with E-state index in [2.05, 4.69) is 29.7 Å². The number of rotatable bonds is 4. The van der Waals surface area contributed by atoms with Crippen molar-refractivity contribution in [2.24, 2.45) is 0 Å². The zero-order valence-electron chi connectivity index (χ0n) is 13.6. The predicted molar refractivity (Wildman–Crippen MR) is 93.8 cm³/mol. The minimum absolute atomic E-state index is 0.162. The summed E-state index contributed by atoms with van der Waals surface area (Å²) in [5.74, 6) is -0.162. The second kappa shape index (κ2) is 6.99. The number of para-hydroxylation sites is 1. The van der Waals surface area contributed by atoms with Gasteiger partial charge < -0.3 is 10.0 Å². The fourth-order valence-corrected chi connectivity index (χ4v) is 4.19. The van der Waals surface area contributed by atoms with Crippen molar-refractivity contribution in [1.82, 2.24) is 4.90 Å². The van der Waals surface area contributed by atoms with Crippen LogP contribution >= 0.6 is 11.3 Å². The van der Waals surface area contributed by atoms with E-state index in [9.17, 15) is 9.50 Å². The highest BCUT2D eigenvalue weighted by Gasteiger charge is 2.22. The van der Waals surface area contributed by atoms with Gasteiger partial charge in [0.05, 0.1) is 11.8 Å². The molecule has 0 spiro atoms. The summed E-state index contributed by atoms with van der Waals surface area (Å²) >= 11 is 1.73. The molecule has 3 rings (SSSR count). The maximum absolute atomic E-state index is 13.9. The number of thiophene rings is 1. The van der Waals surface area contributed by atoms with Crippen molar-refractivity contribution in [3.8, 4) is 0 Å². The van der Waals surface area contributed by atoms with Crippen LogP contribution in [0.2, 0.25) is 0 Å². The number of aryl methyl sites for hydroxylation is 2. The standard InChI is InChI=1S/C18H23FN2OS/c1-13-11-15(14(2)23-13)18(22)12-20-7-9-21(10-8-20)17-6-4-3-5-16(17)19/h3-6,11,18,22H,7-10,12H2,1-2H3. The molecule has 1 unspecified atom stereocenters. The quantitative estimate of drug-likeness (QED) is 0.929. The zero-order chi connectivity index (χ0) is 16.4. The number of aliphatic hydroxyl groups excluding tert-OH is 1. The third-order valence-corrected chi connectivity index (χ3v) is 5.42. The minimum atomic E-state index is -0.444. The van der Waals surface area contributed by atoms with Crippen molar-refractivity contribution in [1.29, 1.82) is 0 Å². The van der Waals surface area contributed by atoms with Crippen LogP contribution in [0.25, 0.3) is 0 Å². The molecule has 1 atom stereocenters. The molecule has 1 aromatic heterocycles. The van der Waals surface area contributed by atoms with Gasteiger partial charge in [0.2, 0.25) is 0 Å². The number of halogens is 1. The third kappa shape index (κ3) is 3.74. The molecule has 1 saturated heterocycles. The van der Waals surface area contributed by atoms with Gasteiger partial charge in [-0.05, 0) is 37.6 Å². The fourth-order valence-electron chi connectivity index (χ4n) is 3.20. The summed E-state index contributed by atoms with van der Waals surface area (Å²) in [5, 5.41) is 10.5. The van der Waals surface area contributed by atoms with Crippen molar-refractivity contribution < 1.29 is 9.50 Å². The maximum atomic E-state index is 13.9. The van der Waals surface area contributed by atoms with Crippen LogP contribution in [0.1, 0.15) is 21.4 Å². The van der Waals surface area contributed by atoms with Crippen LogP contribution in [0, 0.1) is 19.7 Å². The van der Waals surface area contributed by atoms with Crippen molar-refractivity contribution in [3.63, 3.8) is 0 Å². The average molecular weight is 334 g/mol. The molecule has 1 fully saturated rings. The Bertz CT molecular complexity index is 665. The second-order valence-corrected chi connectivity index (χ2v) is 7.58. The van der Waals surface area contributed by atoms with Crippen molar-refractivity contribution in [2.45, 2.75) is 20.0 Å². The Morgan fingerprint density at radius 2 is 1.87 bits per heavy atom. The topological polar surface area (TPSA) is 26.7 Å². The molecule has 0 bridgehead atoms. The summed E-state index contributed by atoms with van der Waals surface area (Å²) in [6.07, 6.45) is -0.444. The van der Waals surface area contributed by atoms with E-state index >= 15 is 0 Å². The first-order valence-electron chi connectivity index (χ1n) is 8.01. The van der Waals surface area contributed by atoms with Crippen molar-refractivity contribution >= 4 is 17.0 Å². The summed E-state index contributed by atoms with van der Waals surface area (Å²) < 4.78 is 13.9. The number of hydrogen-bond acceptors (Lipinski definition) is 4. The fraction of sp³-hybridized carbons (Fsp3) is 0.444. The number of β-amino-alcohol motifs (C(OH)–C–C–N with tert-alkyl or cyclic N) is 1. The first-order chi connectivity index (χ1) is 11.0. The number of hydrogen-bond donors (Lipinski definition) is 1. The molecule has 5 heteroatoms. The first-order valence-corrected chi connectivity index (χ1v) is 8.83. The Morgan fingerprint density at radius 3 is 2.48 bits per heavy atom. The van der Waals surface area contributed by atoms with Crippen LogP contribution in [0.5, 0.6) is 0 Å². The number of nitrogens with zero attached hydrogens (tertiary/aromatic N) is 2. The van der Waals surface area contributed by atoms with Crippen LogP contribution in [0.15, 0.2) is 30.3 Å². The van der Waals surface area contributed by atoms with E-state index in [1.165, 1.54) is 15.8 Å². The third-order valence-electron chi connectivity index (χ3n) is 4.43. The molecular formula is C18H23FN2OS. The highest BCUT2D eigenvalue weighted by atomic mass is 32.1. The number of anilines is 1. The molecule has 0 amide bonds. The summed E-state index contributed by atoms with van der Waals surface area (Å²) in [6.45, 7) is 8.03. The molecule has 2 aromatic rings. The monoisotopic (exact) mass is 334 g/mol. The summed E-state index contributed by atoms with van der Waals surface area (Å²) in [6, 6.07) is 9.01. The smallest absolute Gasteiger partial charge is 0.146 e. The van der Waals surface area contributed by atoms with Gasteiger partial charge in [0.1, 0.15) is 5.82 Å². The van der Waals surface area contributed by atoms with Crippen molar-refractivity contribution in [2.75, 3.05) is 37.6 Å². The second-order valence-electron chi connectivity index (χ2n) is 6.12. The Labute approximate surface area is 141 Å². The summed E-state index contributed by atoms with van der Waals surface area (Å²) in [4.78, 5) is 6.77. The molecule has 2 heterocycles. The molecule has 1 aliphatic heterocycles. The molecule has 0 radical (unpaired) electrons. The lowest BCUT2D eigenvalue weighted by Gasteiger charge is -2.37. The van der Waals surface area contributed by atoms with E-state index in [1.54, 1.807) is 17.4 Å². The molecule has 1 N–H and O–H groups in total. The molecule has 1 aliphatic rings. The van der Waals surface area contributed by atoms with Crippen molar-refractivity contribution in [3.05, 3.63) is 51.5 Å². The number of aliphatic hydroxyl groups is 1. The van der Waals surface area contributed by atoms with E-state index in [-0.39, 0.29) is 5.82 Å². The van der Waals surface area contributed by atoms with Gasteiger partial charge in [-0.3, -0.25) is 4.90 Å². The maximum Gasteiger partial charge on any atom is 0.146 e. The Kier molecular flexibility index (Phi) is 4.99. The van der Waals surface area contributed by atoms with Gasteiger partial charge in [0.25, 0.3) is 0 Å². The molecule has 3 nitrogen and oxygen atoms in total. The summed E-state index contributed by atoms with van der Waals surface area (Å²) in [7, 11) is 0. The molecule has 0 saturated carbocycles. The molecule has 1 aromatic carbocycles. The van der Waals surface area contributed by atoms with Gasteiger partial charge in [-0.15, -0.1) is 11.3 Å². The van der Waals surface area contributed by atoms with E-state index < -0.39 is 6.10 Å². The SMILES string of the molecule is Cc1cc(C(O)CN2CCN(c3ccccc3F)CC2)c(C)s1. The van der Waals surface area contributed by atoms with E-state index in [0.717, 1.165) is 31.7 Å². The van der Waals surface area contributed by atoms with Crippen LogP contribution in [0.3, 0.4) is 0 Å². The molecule has 0 aliphatic carbocycles. The van der Waals surface area contributed by atoms with Crippen LogP contribution in [0.4, 0.5) is 10.1 Å². The normalized spacial score (nSPS) is 17.5. The van der Waals surface area contributed by atoms with E-state index in [1.807, 2.05) is 12.1 Å². The van der Waals surface area contributed by atoms with Gasteiger partial charge in [-0.1, -0.05) is 12.1 Å². The Balaban J connectivity index is 1.57. The van der Waals surface area contributed by atoms with Crippen LogP contribution in [-0.2, 0) is 0 Å². The zero-order valence-corrected chi connectivity index (χ0v) is 14.4. The largest absolute Gasteiger partial charge is 0.387 e. The molecular weight excluding hydrogens is 311 g/mol. The number of piperazine rings is 1. The lowest BCUT2D eigenvalue weighted by molar-refractivity contribution is 0.109. The molecule has 124 valence electrons. The van der Waals surface area contributed by atoms with E-state index in [0.29, 0.717) is 12.2 Å². The Hall–Kier alpha value is -1.43. The lowest BCUT2D eigenvalue weighted by atomic mass is 10.1. The highest BCUT2D eigenvalue weighted by Crippen LogP contribution is 2.27. The Morgan fingerprint density at radius 1 is 1.17 bits per heavy atom. The van der Waals surface area contributed by atoms with Gasteiger partial charge in [-0.25, -0.2) is 4.39 Å².